The van der Waals surface area contributed by atoms with Gasteiger partial charge < -0.3 is 4.74 Å². The highest BCUT2D eigenvalue weighted by Crippen LogP contribution is 2.59. The van der Waals surface area contributed by atoms with E-state index in [4.69, 9.17) is 16.3 Å². The molecule has 0 aliphatic heterocycles. The largest absolute Gasteiger partial charge is 0.446 e. The van der Waals surface area contributed by atoms with Crippen molar-refractivity contribution in [1.82, 2.24) is 0 Å². The summed E-state index contributed by atoms with van der Waals surface area (Å²) in [4.78, 5) is 12.5. The van der Waals surface area contributed by atoms with Crippen LogP contribution in [0.1, 0.15) is 37.3 Å². The molecule has 2 atom stereocenters. The van der Waals surface area contributed by atoms with Gasteiger partial charge in [0.05, 0.1) is 5.92 Å². The maximum Gasteiger partial charge on any atom is 0.311 e. The Morgan fingerprint density at radius 1 is 1.13 bits per heavy atom. The number of halogens is 1. The highest BCUT2D eigenvalue weighted by Gasteiger charge is 2.61. The van der Waals surface area contributed by atoms with Crippen LogP contribution >= 0.6 is 11.6 Å². The van der Waals surface area contributed by atoms with Crippen molar-refractivity contribution in [3.63, 3.8) is 0 Å². The predicted octanol–water partition coefficient (Wildman–Crippen LogP) is 4.90. The zero-order valence-electron chi connectivity index (χ0n) is 13.2. The third-order valence-corrected chi connectivity index (χ3v) is 4.89. The molecule has 3 heteroatoms. The van der Waals surface area contributed by atoms with Gasteiger partial charge in [0.15, 0.2) is 5.56 Å². The van der Waals surface area contributed by atoms with Crippen LogP contribution in [0.2, 0.25) is 0 Å². The normalized spacial score (nSPS) is 19.8. The molecule has 3 rings (SSSR count). The fraction of sp³-hybridized carbons (Fsp3) is 0.350. The fourth-order valence-corrected chi connectivity index (χ4v) is 3.62. The van der Waals surface area contributed by atoms with Crippen molar-refractivity contribution in [2.24, 2.45) is 5.92 Å². The van der Waals surface area contributed by atoms with Gasteiger partial charge in [-0.2, -0.15) is 0 Å². The van der Waals surface area contributed by atoms with Gasteiger partial charge in [0, 0.05) is 5.41 Å². The van der Waals surface area contributed by atoms with E-state index in [1.807, 2.05) is 43.3 Å². The minimum atomic E-state index is -0.530. The number of rotatable bonds is 6. The Morgan fingerprint density at radius 3 is 2.13 bits per heavy atom. The van der Waals surface area contributed by atoms with Crippen molar-refractivity contribution in [3.05, 3.63) is 71.8 Å². The molecular weight excluding hydrogens is 308 g/mol. The van der Waals surface area contributed by atoms with Crippen molar-refractivity contribution in [3.8, 4) is 0 Å². The van der Waals surface area contributed by atoms with Crippen LogP contribution in [0.3, 0.4) is 0 Å². The molecule has 0 bridgehead atoms. The Hall–Kier alpha value is -1.80. The topological polar surface area (TPSA) is 26.3 Å². The Bertz CT molecular complexity index is 614. The van der Waals surface area contributed by atoms with E-state index in [1.165, 1.54) is 0 Å². The molecule has 1 aliphatic rings. The summed E-state index contributed by atoms with van der Waals surface area (Å²) in [6.45, 7) is 2.03. The Labute approximate surface area is 142 Å². The summed E-state index contributed by atoms with van der Waals surface area (Å²) in [6.07, 6.45) is 2.36. The number of alkyl halides is 1. The molecule has 0 amide bonds. The van der Waals surface area contributed by atoms with E-state index in [0.717, 1.165) is 24.0 Å². The Morgan fingerprint density at radius 2 is 1.65 bits per heavy atom. The number of hydrogen-bond donors (Lipinski definition) is 0. The summed E-state index contributed by atoms with van der Waals surface area (Å²) in [5.41, 5.74) is 1.52. The molecule has 1 saturated carbocycles. The number of esters is 1. The highest BCUT2D eigenvalue weighted by molar-refractivity contribution is 6.20. The average molecular weight is 329 g/mol. The quantitative estimate of drug-likeness (QED) is 0.557. The molecule has 120 valence electrons. The molecule has 0 spiro atoms. The molecule has 1 aliphatic carbocycles. The molecular formula is C20H21ClO2. The first-order valence-corrected chi connectivity index (χ1v) is 8.57. The molecule has 0 saturated heterocycles. The van der Waals surface area contributed by atoms with E-state index < -0.39 is 5.56 Å². The van der Waals surface area contributed by atoms with Crippen molar-refractivity contribution < 1.29 is 9.53 Å². The SMILES string of the molecule is CCCC(Cl)OC(=O)C1CC1(c1ccccc1)c1ccccc1. The van der Waals surface area contributed by atoms with Gasteiger partial charge in [-0.15, -0.1) is 0 Å². The molecule has 1 fully saturated rings. The van der Waals surface area contributed by atoms with Gasteiger partial charge in [0.25, 0.3) is 0 Å². The lowest BCUT2D eigenvalue weighted by molar-refractivity contribution is -0.147. The van der Waals surface area contributed by atoms with Crippen LogP contribution in [0.15, 0.2) is 60.7 Å². The van der Waals surface area contributed by atoms with Gasteiger partial charge >= 0.3 is 5.97 Å². The number of benzene rings is 2. The lowest BCUT2D eigenvalue weighted by Crippen LogP contribution is -2.21. The summed E-state index contributed by atoms with van der Waals surface area (Å²) in [7, 11) is 0. The van der Waals surface area contributed by atoms with E-state index >= 15 is 0 Å². The summed E-state index contributed by atoms with van der Waals surface area (Å²) >= 11 is 6.09. The van der Waals surface area contributed by atoms with Crippen molar-refractivity contribution in [2.45, 2.75) is 37.2 Å². The monoisotopic (exact) mass is 328 g/mol. The second-order valence-corrected chi connectivity index (χ2v) is 6.58. The summed E-state index contributed by atoms with van der Waals surface area (Å²) in [5, 5.41) is 0. The molecule has 0 radical (unpaired) electrons. The molecule has 0 N–H and O–H groups in total. The van der Waals surface area contributed by atoms with E-state index in [0.29, 0.717) is 6.42 Å². The Balaban J connectivity index is 1.88. The van der Waals surface area contributed by atoms with Crippen molar-refractivity contribution in [2.75, 3.05) is 0 Å². The number of hydrogen-bond acceptors (Lipinski definition) is 2. The molecule has 2 aromatic rings. The molecule has 2 nitrogen and oxygen atoms in total. The van der Waals surface area contributed by atoms with Crippen LogP contribution in [0.5, 0.6) is 0 Å². The number of carbonyl (C=O) groups is 1. The molecule has 0 heterocycles. The minimum Gasteiger partial charge on any atom is -0.446 e. The smallest absolute Gasteiger partial charge is 0.311 e. The maximum absolute atomic E-state index is 12.5. The van der Waals surface area contributed by atoms with Gasteiger partial charge in [-0.3, -0.25) is 4.79 Å². The van der Waals surface area contributed by atoms with Gasteiger partial charge in [-0.05, 0) is 24.0 Å². The third kappa shape index (κ3) is 3.13. The molecule has 2 aromatic carbocycles. The number of carbonyl (C=O) groups excluding carboxylic acids is 1. The van der Waals surface area contributed by atoms with Crippen LogP contribution in [0, 0.1) is 5.92 Å². The molecule has 0 aromatic heterocycles. The van der Waals surface area contributed by atoms with Crippen LogP contribution in [-0.4, -0.2) is 11.5 Å². The summed E-state index contributed by atoms with van der Waals surface area (Å²) < 4.78 is 5.44. The first-order chi connectivity index (χ1) is 11.2. The van der Waals surface area contributed by atoms with Crippen LogP contribution in [0.4, 0.5) is 0 Å². The van der Waals surface area contributed by atoms with Crippen LogP contribution in [-0.2, 0) is 14.9 Å². The highest BCUT2D eigenvalue weighted by atomic mass is 35.5. The first kappa shape index (κ1) is 16.1. The van der Waals surface area contributed by atoms with Gasteiger partial charge in [0.1, 0.15) is 0 Å². The van der Waals surface area contributed by atoms with Crippen molar-refractivity contribution in [1.29, 1.82) is 0 Å². The lowest BCUT2D eigenvalue weighted by Gasteiger charge is -2.19. The Kier molecular flexibility index (Phi) is 4.72. The second kappa shape index (κ2) is 6.76. The third-order valence-electron chi connectivity index (χ3n) is 4.58. The summed E-state index contributed by atoms with van der Waals surface area (Å²) in [6, 6.07) is 20.4. The van der Waals surface area contributed by atoms with Crippen LogP contribution < -0.4 is 0 Å². The molecule has 23 heavy (non-hydrogen) atoms. The van der Waals surface area contributed by atoms with Gasteiger partial charge in [0.2, 0.25) is 0 Å². The minimum absolute atomic E-state index is 0.162. The zero-order valence-corrected chi connectivity index (χ0v) is 14.0. The maximum atomic E-state index is 12.5. The zero-order chi connectivity index (χ0) is 16.3. The van der Waals surface area contributed by atoms with Crippen LogP contribution in [0.25, 0.3) is 0 Å². The lowest BCUT2D eigenvalue weighted by atomic mass is 9.86. The molecule has 2 unspecified atom stereocenters. The van der Waals surface area contributed by atoms with E-state index in [2.05, 4.69) is 24.3 Å². The van der Waals surface area contributed by atoms with Gasteiger partial charge in [-0.25, -0.2) is 0 Å². The predicted molar refractivity (Wildman–Crippen MR) is 92.4 cm³/mol. The standard InChI is InChI=1S/C20H21ClO2/c1-2-9-18(21)23-19(22)17-14-20(17,15-10-5-3-6-11-15)16-12-7-4-8-13-16/h3-8,10-13,17-18H,2,9,14H2,1H3. The van der Waals surface area contributed by atoms with E-state index in [9.17, 15) is 4.79 Å². The second-order valence-electron chi connectivity index (χ2n) is 6.10. The average Bonchev–Trinajstić information content (AvgIpc) is 3.34. The first-order valence-electron chi connectivity index (χ1n) is 8.14. The number of ether oxygens (including phenoxy) is 1. The summed E-state index contributed by atoms with van der Waals surface area (Å²) in [5.74, 6) is -0.350. The van der Waals surface area contributed by atoms with E-state index in [-0.39, 0.29) is 17.3 Å². The van der Waals surface area contributed by atoms with E-state index in [1.54, 1.807) is 0 Å². The fourth-order valence-electron chi connectivity index (χ4n) is 3.32. The van der Waals surface area contributed by atoms with Gasteiger partial charge in [-0.1, -0.05) is 85.6 Å². The van der Waals surface area contributed by atoms with Crippen molar-refractivity contribution >= 4 is 17.6 Å².